The van der Waals surface area contributed by atoms with E-state index >= 15 is 0 Å². The van der Waals surface area contributed by atoms with Crippen LogP contribution in [0.1, 0.15) is 0 Å². The lowest BCUT2D eigenvalue weighted by atomic mass is 10.1. The van der Waals surface area contributed by atoms with E-state index in [1.54, 1.807) is 6.07 Å². The van der Waals surface area contributed by atoms with E-state index in [1.165, 1.54) is 35.6 Å². The number of benzene rings is 1. The van der Waals surface area contributed by atoms with Crippen LogP contribution >= 0.6 is 22.9 Å². The van der Waals surface area contributed by atoms with Gasteiger partial charge in [-0.25, -0.2) is 9.97 Å². The Kier molecular flexibility index (Phi) is 3.46. The first kappa shape index (κ1) is 14.1. The molecule has 0 radical (unpaired) electrons. The summed E-state index contributed by atoms with van der Waals surface area (Å²) < 4.78 is 41.0. The Balaban J connectivity index is 2.01. The summed E-state index contributed by atoms with van der Waals surface area (Å²) in [7, 11) is 0. The minimum Gasteiger partial charge on any atom is -0.406 e. The normalized spacial score (nSPS) is 11.8. The molecule has 0 N–H and O–H groups in total. The molecular weight excluding hydrogens is 325 g/mol. The fourth-order valence-corrected chi connectivity index (χ4v) is 2.86. The summed E-state index contributed by atoms with van der Waals surface area (Å²) in [6.45, 7) is 0. The molecule has 21 heavy (non-hydrogen) atoms. The van der Waals surface area contributed by atoms with Gasteiger partial charge in [0.15, 0.2) is 0 Å². The largest absolute Gasteiger partial charge is 0.573 e. The van der Waals surface area contributed by atoms with Crippen molar-refractivity contribution in [3.63, 3.8) is 0 Å². The monoisotopic (exact) mass is 330 g/mol. The second kappa shape index (κ2) is 5.16. The second-order valence-electron chi connectivity index (χ2n) is 4.05. The predicted molar refractivity (Wildman–Crippen MR) is 74.5 cm³/mol. The topological polar surface area (TPSA) is 35.0 Å². The molecule has 0 unspecified atom stereocenters. The fourth-order valence-electron chi connectivity index (χ4n) is 1.85. The van der Waals surface area contributed by atoms with Gasteiger partial charge in [-0.15, -0.1) is 24.5 Å². The quantitative estimate of drug-likeness (QED) is 0.626. The first-order chi connectivity index (χ1) is 9.92. The van der Waals surface area contributed by atoms with Gasteiger partial charge in [-0.2, -0.15) is 0 Å². The van der Waals surface area contributed by atoms with E-state index in [9.17, 15) is 13.2 Å². The summed E-state index contributed by atoms with van der Waals surface area (Å²) in [5, 5.41) is 1.94. The van der Waals surface area contributed by atoms with Crippen molar-refractivity contribution in [3.8, 4) is 17.0 Å². The number of hydrogen-bond acceptors (Lipinski definition) is 4. The van der Waals surface area contributed by atoms with E-state index in [-0.39, 0.29) is 11.0 Å². The van der Waals surface area contributed by atoms with Crippen molar-refractivity contribution in [3.05, 3.63) is 41.0 Å². The molecule has 1 aromatic carbocycles. The summed E-state index contributed by atoms with van der Waals surface area (Å²) in [5.41, 5.74) is 1.92. The molecule has 8 heteroatoms. The number of halogens is 4. The van der Waals surface area contributed by atoms with Gasteiger partial charge in [-0.05, 0) is 47.3 Å². The highest BCUT2D eigenvalue weighted by Gasteiger charge is 2.31. The molecular formula is C13H6ClF3N2OS. The lowest BCUT2D eigenvalue weighted by Crippen LogP contribution is -2.16. The molecule has 0 atom stereocenters. The number of alkyl halides is 3. The molecule has 2 heterocycles. The number of fused-ring (bicyclic) bond motifs is 1. The third-order valence-corrected chi connectivity index (χ3v) is 3.72. The number of aromatic nitrogens is 2. The van der Waals surface area contributed by atoms with Crippen LogP contribution in [0.4, 0.5) is 13.2 Å². The Labute approximate surface area is 126 Å². The average Bonchev–Trinajstić information content (AvgIpc) is 2.85. The van der Waals surface area contributed by atoms with Gasteiger partial charge >= 0.3 is 6.36 Å². The maximum atomic E-state index is 12.1. The molecule has 2 aromatic heterocycles. The van der Waals surface area contributed by atoms with Crippen LogP contribution in [0.25, 0.3) is 21.5 Å². The molecule has 0 fully saturated rings. The van der Waals surface area contributed by atoms with Crippen LogP contribution in [0, 0.1) is 0 Å². The lowest BCUT2D eigenvalue weighted by molar-refractivity contribution is -0.274. The van der Waals surface area contributed by atoms with Crippen LogP contribution in [0.3, 0.4) is 0 Å². The molecule has 0 aliphatic carbocycles. The molecule has 0 saturated carbocycles. The third-order valence-electron chi connectivity index (χ3n) is 2.64. The first-order valence-electron chi connectivity index (χ1n) is 5.69. The smallest absolute Gasteiger partial charge is 0.406 e. The van der Waals surface area contributed by atoms with Crippen LogP contribution in [-0.2, 0) is 0 Å². The highest BCUT2D eigenvalue weighted by Crippen LogP contribution is 2.32. The van der Waals surface area contributed by atoms with Crippen LogP contribution in [0.15, 0.2) is 35.7 Å². The molecule has 3 rings (SSSR count). The Morgan fingerprint density at radius 2 is 1.76 bits per heavy atom. The van der Waals surface area contributed by atoms with Gasteiger partial charge in [0.05, 0.1) is 15.9 Å². The Morgan fingerprint density at radius 1 is 1.05 bits per heavy atom. The van der Waals surface area contributed by atoms with E-state index in [0.717, 1.165) is 4.70 Å². The molecule has 108 valence electrons. The molecule has 0 saturated heterocycles. The number of ether oxygens (including phenoxy) is 1. The number of thiophene rings is 1. The summed E-state index contributed by atoms with van der Waals surface area (Å²) >= 11 is 7.29. The van der Waals surface area contributed by atoms with Crippen LogP contribution in [0.5, 0.6) is 5.75 Å². The van der Waals surface area contributed by atoms with Crippen molar-refractivity contribution >= 4 is 33.2 Å². The Hall–Kier alpha value is -1.86. The third kappa shape index (κ3) is 3.08. The van der Waals surface area contributed by atoms with E-state index in [1.807, 2.05) is 5.38 Å². The summed E-state index contributed by atoms with van der Waals surface area (Å²) in [5.74, 6) is -0.283. The second-order valence-corrected chi connectivity index (χ2v) is 5.30. The van der Waals surface area contributed by atoms with Crippen molar-refractivity contribution in [2.45, 2.75) is 6.36 Å². The fraction of sp³-hybridized carbons (Fsp3) is 0.0769. The molecule has 3 nitrogen and oxygen atoms in total. The van der Waals surface area contributed by atoms with Crippen LogP contribution in [0.2, 0.25) is 5.28 Å². The first-order valence-corrected chi connectivity index (χ1v) is 6.95. The average molecular weight is 331 g/mol. The Morgan fingerprint density at radius 3 is 2.43 bits per heavy atom. The van der Waals surface area contributed by atoms with Crippen molar-refractivity contribution in [1.82, 2.24) is 9.97 Å². The zero-order valence-electron chi connectivity index (χ0n) is 10.2. The molecule has 3 aromatic rings. The SMILES string of the molecule is FC(F)(F)Oc1ccc(-c2nc(Cl)nc3ccsc23)cc1. The van der Waals surface area contributed by atoms with Gasteiger partial charge in [0, 0.05) is 5.56 Å². The number of hydrogen-bond donors (Lipinski definition) is 0. The minimum atomic E-state index is -4.71. The zero-order valence-corrected chi connectivity index (χ0v) is 11.8. The summed E-state index contributed by atoms with van der Waals surface area (Å²) in [6, 6.07) is 7.27. The van der Waals surface area contributed by atoms with Crippen molar-refractivity contribution in [1.29, 1.82) is 0 Å². The number of nitrogens with zero attached hydrogens (tertiary/aromatic N) is 2. The molecule has 0 aliphatic heterocycles. The van der Waals surface area contributed by atoms with Gasteiger partial charge in [-0.1, -0.05) is 0 Å². The predicted octanol–water partition coefficient (Wildman–Crippen LogP) is 4.91. The maximum absolute atomic E-state index is 12.1. The van der Waals surface area contributed by atoms with Gasteiger partial charge in [-0.3, -0.25) is 0 Å². The van der Waals surface area contributed by atoms with E-state index in [0.29, 0.717) is 16.8 Å². The maximum Gasteiger partial charge on any atom is 0.573 e. The summed E-state index contributed by atoms with van der Waals surface area (Å²) in [4.78, 5) is 8.23. The zero-order chi connectivity index (χ0) is 15.0. The molecule has 0 amide bonds. The van der Waals surface area contributed by atoms with Crippen LogP contribution < -0.4 is 4.74 Å². The molecule has 0 bridgehead atoms. The highest BCUT2D eigenvalue weighted by molar-refractivity contribution is 7.17. The van der Waals surface area contributed by atoms with E-state index in [2.05, 4.69) is 14.7 Å². The van der Waals surface area contributed by atoms with E-state index in [4.69, 9.17) is 11.6 Å². The van der Waals surface area contributed by atoms with Gasteiger partial charge in [0.1, 0.15) is 5.75 Å². The van der Waals surface area contributed by atoms with Crippen LogP contribution in [-0.4, -0.2) is 16.3 Å². The van der Waals surface area contributed by atoms with Gasteiger partial charge in [0.2, 0.25) is 5.28 Å². The van der Waals surface area contributed by atoms with Crippen molar-refractivity contribution < 1.29 is 17.9 Å². The standard InChI is InChI=1S/C13H6ClF3N2OS/c14-12-18-9-5-6-21-11(9)10(19-12)7-1-3-8(4-2-7)20-13(15,16)17/h1-6H. The molecule has 0 spiro atoms. The highest BCUT2D eigenvalue weighted by atomic mass is 35.5. The van der Waals surface area contributed by atoms with Gasteiger partial charge < -0.3 is 4.74 Å². The van der Waals surface area contributed by atoms with Gasteiger partial charge in [0.25, 0.3) is 0 Å². The Bertz CT molecular complexity index is 786. The lowest BCUT2D eigenvalue weighted by Gasteiger charge is -2.09. The number of rotatable bonds is 2. The van der Waals surface area contributed by atoms with Crippen molar-refractivity contribution in [2.24, 2.45) is 0 Å². The molecule has 0 aliphatic rings. The minimum absolute atomic E-state index is 0.0894. The summed E-state index contributed by atoms with van der Waals surface area (Å²) in [6.07, 6.45) is -4.71. The van der Waals surface area contributed by atoms with E-state index < -0.39 is 6.36 Å². The van der Waals surface area contributed by atoms with Crippen molar-refractivity contribution in [2.75, 3.05) is 0 Å².